The fourth-order valence-electron chi connectivity index (χ4n) is 2.07. The number of nitrogens with one attached hydrogen (secondary N) is 2. The SMILES string of the molecule is CC(C)[C@H](NC(=O)c1ccco1)C(=O)Nc1cccc([N+](=O)[O-])c1. The Morgan fingerprint density at radius 2 is 1.96 bits per heavy atom. The molecule has 0 unspecified atom stereocenters. The van der Waals surface area contributed by atoms with Crippen LogP contribution in [0.15, 0.2) is 47.1 Å². The second-order valence-electron chi connectivity index (χ2n) is 5.47. The first-order chi connectivity index (χ1) is 11.4. The number of hydrogen-bond donors (Lipinski definition) is 2. The Bertz CT molecular complexity index is 740. The van der Waals surface area contributed by atoms with Gasteiger partial charge in [-0.2, -0.15) is 0 Å². The number of hydrogen-bond acceptors (Lipinski definition) is 5. The summed E-state index contributed by atoms with van der Waals surface area (Å²) in [5, 5.41) is 16.0. The molecule has 24 heavy (non-hydrogen) atoms. The zero-order valence-corrected chi connectivity index (χ0v) is 13.2. The lowest BCUT2D eigenvalue weighted by Gasteiger charge is -2.21. The molecule has 0 spiro atoms. The average Bonchev–Trinajstić information content (AvgIpc) is 3.06. The van der Waals surface area contributed by atoms with Crippen molar-refractivity contribution in [3.05, 3.63) is 58.5 Å². The molecular formula is C16H17N3O5. The van der Waals surface area contributed by atoms with Gasteiger partial charge < -0.3 is 15.1 Å². The number of nitro benzene ring substituents is 1. The Balaban J connectivity index is 2.10. The van der Waals surface area contributed by atoms with Gasteiger partial charge in [-0.25, -0.2) is 0 Å². The van der Waals surface area contributed by atoms with E-state index >= 15 is 0 Å². The van der Waals surface area contributed by atoms with Gasteiger partial charge in [0.15, 0.2) is 5.76 Å². The number of benzene rings is 1. The molecule has 0 aliphatic rings. The number of non-ortho nitro benzene ring substituents is 1. The highest BCUT2D eigenvalue weighted by atomic mass is 16.6. The normalized spacial score (nSPS) is 11.8. The summed E-state index contributed by atoms with van der Waals surface area (Å²) < 4.78 is 5.00. The minimum Gasteiger partial charge on any atom is -0.459 e. The van der Waals surface area contributed by atoms with Crippen LogP contribution in [0.1, 0.15) is 24.4 Å². The lowest BCUT2D eigenvalue weighted by Crippen LogP contribution is -2.47. The fourth-order valence-corrected chi connectivity index (χ4v) is 2.07. The van der Waals surface area contributed by atoms with Crippen molar-refractivity contribution in [2.24, 2.45) is 5.92 Å². The maximum atomic E-state index is 12.4. The van der Waals surface area contributed by atoms with Crippen LogP contribution in [0.2, 0.25) is 0 Å². The van der Waals surface area contributed by atoms with Gasteiger partial charge in [0.25, 0.3) is 11.6 Å². The smallest absolute Gasteiger partial charge is 0.287 e. The Labute approximate surface area is 138 Å². The monoisotopic (exact) mass is 331 g/mol. The molecular weight excluding hydrogens is 314 g/mol. The van der Waals surface area contributed by atoms with Gasteiger partial charge in [-0.3, -0.25) is 19.7 Å². The van der Waals surface area contributed by atoms with Gasteiger partial charge in [-0.15, -0.1) is 0 Å². The van der Waals surface area contributed by atoms with Gasteiger partial charge in [0, 0.05) is 17.8 Å². The van der Waals surface area contributed by atoms with Crippen LogP contribution in [0.5, 0.6) is 0 Å². The Morgan fingerprint density at radius 1 is 1.21 bits per heavy atom. The number of nitro groups is 1. The lowest BCUT2D eigenvalue weighted by molar-refractivity contribution is -0.384. The molecule has 2 amide bonds. The minimum absolute atomic E-state index is 0.101. The van der Waals surface area contributed by atoms with Crippen molar-refractivity contribution in [3.63, 3.8) is 0 Å². The van der Waals surface area contributed by atoms with Crippen LogP contribution in [0.3, 0.4) is 0 Å². The van der Waals surface area contributed by atoms with Gasteiger partial charge in [-0.1, -0.05) is 19.9 Å². The molecule has 1 aromatic heterocycles. The van der Waals surface area contributed by atoms with Crippen LogP contribution in [-0.4, -0.2) is 22.8 Å². The van der Waals surface area contributed by atoms with E-state index < -0.39 is 22.8 Å². The van der Waals surface area contributed by atoms with E-state index in [2.05, 4.69) is 10.6 Å². The van der Waals surface area contributed by atoms with Crippen molar-refractivity contribution < 1.29 is 18.9 Å². The summed E-state index contributed by atoms with van der Waals surface area (Å²) in [6.45, 7) is 3.56. The van der Waals surface area contributed by atoms with Crippen LogP contribution in [0.4, 0.5) is 11.4 Å². The Kier molecular flexibility index (Phi) is 5.31. The molecule has 1 heterocycles. The number of rotatable bonds is 6. The van der Waals surface area contributed by atoms with Gasteiger partial charge in [0.2, 0.25) is 5.91 Å². The first-order valence-corrected chi connectivity index (χ1v) is 7.28. The molecule has 0 aliphatic heterocycles. The number of anilines is 1. The molecule has 0 aliphatic carbocycles. The Morgan fingerprint density at radius 3 is 2.54 bits per heavy atom. The van der Waals surface area contributed by atoms with E-state index in [0.717, 1.165) is 0 Å². The second-order valence-corrected chi connectivity index (χ2v) is 5.47. The van der Waals surface area contributed by atoms with Crippen molar-refractivity contribution in [1.82, 2.24) is 5.32 Å². The molecule has 0 fully saturated rings. The summed E-state index contributed by atoms with van der Waals surface area (Å²) in [4.78, 5) is 34.7. The van der Waals surface area contributed by atoms with Crippen LogP contribution >= 0.6 is 0 Å². The summed E-state index contributed by atoms with van der Waals surface area (Å²) in [6, 6.07) is 7.84. The first kappa shape index (κ1) is 17.2. The minimum atomic E-state index is -0.818. The summed E-state index contributed by atoms with van der Waals surface area (Å²) >= 11 is 0. The van der Waals surface area contributed by atoms with E-state index in [9.17, 15) is 19.7 Å². The van der Waals surface area contributed by atoms with Crippen LogP contribution in [0.25, 0.3) is 0 Å². The van der Waals surface area contributed by atoms with E-state index in [0.29, 0.717) is 0 Å². The molecule has 1 atom stereocenters. The van der Waals surface area contributed by atoms with E-state index in [1.807, 2.05) is 0 Å². The molecule has 8 heteroatoms. The number of furan rings is 1. The van der Waals surface area contributed by atoms with E-state index in [-0.39, 0.29) is 23.1 Å². The molecule has 0 saturated heterocycles. The third-order valence-corrected chi connectivity index (χ3v) is 3.31. The second kappa shape index (κ2) is 7.40. The highest BCUT2D eigenvalue weighted by Gasteiger charge is 2.26. The van der Waals surface area contributed by atoms with Gasteiger partial charge >= 0.3 is 0 Å². The standard InChI is InChI=1S/C16H17N3O5/c1-10(2)14(18-15(20)13-7-4-8-24-13)16(21)17-11-5-3-6-12(9-11)19(22)23/h3-10,14H,1-2H3,(H,17,21)(H,18,20)/t14-/m0/s1. The number of carbonyl (C=O) groups excluding carboxylic acids is 2. The molecule has 126 valence electrons. The van der Waals surface area contributed by atoms with Crippen molar-refractivity contribution in [2.45, 2.75) is 19.9 Å². The summed E-state index contributed by atoms with van der Waals surface area (Å²) in [5.74, 6) is -1.07. The van der Waals surface area contributed by atoms with E-state index in [1.165, 1.54) is 36.6 Å². The largest absolute Gasteiger partial charge is 0.459 e. The summed E-state index contributed by atoms with van der Waals surface area (Å²) in [5.41, 5.74) is 0.153. The quantitative estimate of drug-likeness (QED) is 0.623. The third kappa shape index (κ3) is 4.19. The number of nitrogens with zero attached hydrogens (tertiary/aromatic N) is 1. The van der Waals surface area contributed by atoms with Crippen LogP contribution in [0, 0.1) is 16.0 Å². The van der Waals surface area contributed by atoms with Gasteiger partial charge in [0.05, 0.1) is 11.2 Å². The maximum Gasteiger partial charge on any atom is 0.287 e. The van der Waals surface area contributed by atoms with Crippen molar-refractivity contribution in [2.75, 3.05) is 5.32 Å². The molecule has 1 aromatic carbocycles. The highest BCUT2D eigenvalue weighted by molar-refractivity contribution is 6.00. The maximum absolute atomic E-state index is 12.4. The highest BCUT2D eigenvalue weighted by Crippen LogP contribution is 2.18. The molecule has 0 bridgehead atoms. The Hall–Kier alpha value is -3.16. The molecule has 0 radical (unpaired) electrons. The van der Waals surface area contributed by atoms with Crippen molar-refractivity contribution >= 4 is 23.2 Å². The number of carbonyl (C=O) groups is 2. The van der Waals surface area contributed by atoms with Gasteiger partial charge in [-0.05, 0) is 24.1 Å². The lowest BCUT2D eigenvalue weighted by atomic mass is 10.0. The molecule has 2 N–H and O–H groups in total. The predicted octanol–water partition coefficient (Wildman–Crippen LogP) is 2.58. The zero-order valence-electron chi connectivity index (χ0n) is 13.2. The summed E-state index contributed by atoms with van der Waals surface area (Å²) in [7, 11) is 0. The van der Waals surface area contributed by atoms with Crippen LogP contribution in [-0.2, 0) is 4.79 Å². The molecule has 2 aromatic rings. The fraction of sp³-hybridized carbons (Fsp3) is 0.250. The molecule has 0 saturated carbocycles. The van der Waals surface area contributed by atoms with E-state index in [1.54, 1.807) is 19.9 Å². The van der Waals surface area contributed by atoms with Crippen molar-refractivity contribution in [3.8, 4) is 0 Å². The summed E-state index contributed by atoms with van der Waals surface area (Å²) in [6.07, 6.45) is 1.36. The molecule has 2 rings (SSSR count). The number of amides is 2. The zero-order chi connectivity index (χ0) is 17.7. The topological polar surface area (TPSA) is 114 Å². The van der Waals surface area contributed by atoms with E-state index in [4.69, 9.17) is 4.42 Å². The first-order valence-electron chi connectivity index (χ1n) is 7.28. The van der Waals surface area contributed by atoms with Crippen LogP contribution < -0.4 is 10.6 Å². The third-order valence-electron chi connectivity index (χ3n) is 3.31. The van der Waals surface area contributed by atoms with Gasteiger partial charge in [0.1, 0.15) is 6.04 Å². The average molecular weight is 331 g/mol. The molecule has 8 nitrogen and oxygen atoms in total. The predicted molar refractivity (Wildman–Crippen MR) is 86.5 cm³/mol. The van der Waals surface area contributed by atoms with Crippen molar-refractivity contribution in [1.29, 1.82) is 0 Å².